The van der Waals surface area contributed by atoms with E-state index in [1.807, 2.05) is 36.6 Å². The minimum atomic E-state index is -1.01. The highest BCUT2D eigenvalue weighted by molar-refractivity contribution is 7.83. The van der Waals surface area contributed by atoms with E-state index in [1.54, 1.807) is 53.9 Å². The van der Waals surface area contributed by atoms with E-state index in [-0.39, 0.29) is 6.42 Å². The van der Waals surface area contributed by atoms with E-state index in [2.05, 4.69) is 33.5 Å². The van der Waals surface area contributed by atoms with E-state index in [4.69, 9.17) is 9.28 Å². The normalized spacial score (nSPS) is 13.4. The quantitative estimate of drug-likeness (QED) is 0.101. The van der Waals surface area contributed by atoms with Gasteiger partial charge in [-0.1, -0.05) is 36.4 Å². The highest BCUT2D eigenvalue weighted by Crippen LogP contribution is 2.29. The van der Waals surface area contributed by atoms with Crippen LogP contribution in [0.4, 0.5) is 26.1 Å². The number of aromatic nitrogens is 2. The molecule has 0 spiro atoms. The van der Waals surface area contributed by atoms with Crippen molar-refractivity contribution in [2.75, 3.05) is 23.4 Å². The predicted octanol–water partition coefficient (Wildman–Crippen LogP) is 6.19. The highest BCUT2D eigenvalue weighted by atomic mass is 32.2. The van der Waals surface area contributed by atoms with Crippen molar-refractivity contribution in [1.82, 2.24) is 15.0 Å². The summed E-state index contributed by atoms with van der Waals surface area (Å²) in [7, 11) is -1.01. The summed E-state index contributed by atoms with van der Waals surface area (Å²) in [5.41, 5.74) is 2.99. The number of rotatable bonds is 11. The first-order valence-corrected chi connectivity index (χ1v) is 15.7. The number of amides is 1. The van der Waals surface area contributed by atoms with E-state index in [1.165, 1.54) is 6.07 Å². The van der Waals surface area contributed by atoms with Crippen molar-refractivity contribution in [3.63, 3.8) is 0 Å². The van der Waals surface area contributed by atoms with Crippen molar-refractivity contribution in [2.45, 2.75) is 12.2 Å². The van der Waals surface area contributed by atoms with Crippen LogP contribution in [-0.2, 0) is 23.0 Å². The summed E-state index contributed by atoms with van der Waals surface area (Å²) in [4.78, 5) is 21.7. The van der Waals surface area contributed by atoms with E-state index in [9.17, 15) is 17.8 Å². The average Bonchev–Trinajstić information content (AvgIpc) is 3.02. The van der Waals surface area contributed by atoms with E-state index >= 15 is 0 Å². The fourth-order valence-corrected chi connectivity index (χ4v) is 5.28. The molecule has 2 heterocycles. The molecule has 1 aliphatic heterocycles. The number of hydrogen-bond donors (Lipinski definition) is 3. The van der Waals surface area contributed by atoms with Crippen LogP contribution in [0.1, 0.15) is 27.2 Å². The summed E-state index contributed by atoms with van der Waals surface area (Å²) in [5, 5.41) is 12.3. The highest BCUT2D eigenvalue weighted by Gasteiger charge is 2.18. The summed E-state index contributed by atoms with van der Waals surface area (Å²) in [6.07, 6.45) is 11.1. The molecule has 1 atom stereocenters. The van der Waals surface area contributed by atoms with Gasteiger partial charge in [-0.3, -0.25) is 14.0 Å². The van der Waals surface area contributed by atoms with Gasteiger partial charge < -0.3 is 14.8 Å². The lowest BCUT2D eigenvalue weighted by atomic mass is 10.0. The Hall–Kier alpha value is -4.88. The molecule has 2 N–H and O–H groups in total. The second kappa shape index (κ2) is 14.7. The van der Waals surface area contributed by atoms with Crippen LogP contribution in [0.5, 0.6) is 5.75 Å². The summed E-state index contributed by atoms with van der Waals surface area (Å²) in [6, 6.07) is 17.2. The molecule has 1 aliphatic rings. The molecule has 0 aliphatic carbocycles. The number of allylic oxidation sites excluding steroid dienone is 2. The number of hydrogen-bond acceptors (Lipinski definition) is 9. The number of nitrogens with zero attached hydrogens (tertiary/aromatic N) is 4. The summed E-state index contributed by atoms with van der Waals surface area (Å²) in [6.45, 7) is 0.549. The SMILES string of the molecule is CS(=O)Cc1ccc(Nc2nccc(C/C(=N\N3C=CC=CC3)c3cccc(NC(=O)c4c(F)cccc4F)c3)n2)c(OS)c1. The molecule has 1 unspecified atom stereocenters. The molecule has 13 heteroatoms. The molecule has 0 saturated carbocycles. The minimum absolute atomic E-state index is 0.280. The van der Waals surface area contributed by atoms with Gasteiger partial charge in [0, 0.05) is 65.8 Å². The Bertz CT molecular complexity index is 1810. The molecule has 230 valence electrons. The third-order valence-electron chi connectivity index (χ3n) is 6.51. The van der Waals surface area contributed by atoms with Gasteiger partial charge in [0.05, 0.1) is 23.6 Å². The van der Waals surface area contributed by atoms with Gasteiger partial charge in [-0.25, -0.2) is 18.7 Å². The number of thiol groups is 1. The van der Waals surface area contributed by atoms with Crippen LogP contribution in [0.2, 0.25) is 0 Å². The zero-order chi connectivity index (χ0) is 31.8. The van der Waals surface area contributed by atoms with E-state index < -0.39 is 33.9 Å². The van der Waals surface area contributed by atoms with Gasteiger partial charge in [-0.05, 0) is 54.1 Å². The zero-order valence-corrected chi connectivity index (χ0v) is 25.7. The van der Waals surface area contributed by atoms with Crippen molar-refractivity contribution in [2.24, 2.45) is 5.10 Å². The van der Waals surface area contributed by atoms with Crippen LogP contribution < -0.4 is 14.8 Å². The van der Waals surface area contributed by atoms with Crippen LogP contribution >= 0.6 is 12.9 Å². The fraction of sp³-hybridized carbons (Fsp3) is 0.125. The standard InChI is InChI=1S/C32H28F2N6O3S2/c1-45(42)20-21-11-12-27(29(17-21)43-44)38-32-35-14-13-24(37-32)19-28(39-40-15-3-2-4-16-40)22-7-5-8-23(18-22)36-31(41)30-25(33)9-6-10-26(30)34/h2-15,17-18,44H,16,19-20H2,1H3,(H,36,41)(H,35,37,38)/b39-28+. The maximum atomic E-state index is 14.2. The Morgan fingerprint density at radius 3 is 2.62 bits per heavy atom. The largest absolute Gasteiger partial charge is 0.427 e. The molecule has 0 saturated heterocycles. The average molecular weight is 647 g/mol. The molecule has 0 fully saturated rings. The van der Waals surface area contributed by atoms with Crippen LogP contribution in [0.3, 0.4) is 0 Å². The van der Waals surface area contributed by atoms with Crippen molar-refractivity contribution in [3.8, 4) is 5.75 Å². The third kappa shape index (κ3) is 8.40. The molecule has 3 aromatic carbocycles. The number of carbonyl (C=O) groups is 1. The van der Waals surface area contributed by atoms with Gasteiger partial charge in [0.25, 0.3) is 5.91 Å². The van der Waals surface area contributed by atoms with Gasteiger partial charge in [-0.15, -0.1) is 0 Å². The van der Waals surface area contributed by atoms with Crippen molar-refractivity contribution in [1.29, 1.82) is 0 Å². The number of anilines is 3. The molecule has 1 amide bonds. The Kier molecular flexibility index (Phi) is 10.3. The molecule has 1 aromatic heterocycles. The van der Waals surface area contributed by atoms with E-state index in [0.29, 0.717) is 52.3 Å². The fourth-order valence-electron chi connectivity index (χ4n) is 4.48. The molecule has 5 rings (SSSR count). The summed E-state index contributed by atoms with van der Waals surface area (Å²) >= 11 is 3.96. The van der Waals surface area contributed by atoms with Gasteiger partial charge in [0.15, 0.2) is 5.75 Å². The van der Waals surface area contributed by atoms with Gasteiger partial charge in [0.2, 0.25) is 5.95 Å². The molecule has 9 nitrogen and oxygen atoms in total. The first-order valence-electron chi connectivity index (χ1n) is 13.7. The predicted molar refractivity (Wildman–Crippen MR) is 175 cm³/mol. The third-order valence-corrected chi connectivity index (χ3v) is 7.45. The number of nitrogens with one attached hydrogen (secondary N) is 2. The molecular formula is C32H28F2N6O3S2. The summed E-state index contributed by atoms with van der Waals surface area (Å²) in [5.74, 6) is -1.70. The zero-order valence-electron chi connectivity index (χ0n) is 24.0. The Morgan fingerprint density at radius 2 is 1.89 bits per heavy atom. The number of halogens is 2. The second-order valence-corrected chi connectivity index (χ2v) is 11.5. The van der Waals surface area contributed by atoms with Gasteiger partial charge in [-0.2, -0.15) is 5.10 Å². The maximum Gasteiger partial charge on any atom is 0.261 e. The molecule has 0 bridgehead atoms. The summed E-state index contributed by atoms with van der Waals surface area (Å²) < 4.78 is 45.3. The van der Waals surface area contributed by atoms with Gasteiger partial charge >= 0.3 is 0 Å². The lowest BCUT2D eigenvalue weighted by Crippen LogP contribution is -2.19. The van der Waals surface area contributed by atoms with Crippen LogP contribution in [0.25, 0.3) is 0 Å². The van der Waals surface area contributed by atoms with Crippen LogP contribution in [0, 0.1) is 11.6 Å². The smallest absolute Gasteiger partial charge is 0.261 e. The first kappa shape index (κ1) is 31.5. The lowest BCUT2D eigenvalue weighted by Gasteiger charge is -2.18. The van der Waals surface area contributed by atoms with Crippen molar-refractivity contribution in [3.05, 3.63) is 131 Å². The topological polar surface area (TPSA) is 109 Å². The van der Waals surface area contributed by atoms with E-state index in [0.717, 1.165) is 17.7 Å². The van der Waals surface area contributed by atoms with Crippen LogP contribution in [0.15, 0.2) is 102 Å². The van der Waals surface area contributed by atoms with Crippen molar-refractivity contribution >= 4 is 52.7 Å². The molecule has 0 radical (unpaired) electrons. The Morgan fingerprint density at radius 1 is 1.09 bits per heavy atom. The Balaban J connectivity index is 1.41. The first-order chi connectivity index (χ1) is 21.8. The second-order valence-electron chi connectivity index (χ2n) is 9.88. The minimum Gasteiger partial charge on any atom is -0.427 e. The number of hydrazone groups is 1. The monoisotopic (exact) mass is 646 g/mol. The number of carbonyl (C=O) groups excluding carboxylic acids is 1. The van der Waals surface area contributed by atoms with Gasteiger partial charge in [0.1, 0.15) is 17.2 Å². The Labute approximate surface area is 266 Å². The maximum absolute atomic E-state index is 14.2. The van der Waals surface area contributed by atoms with Crippen molar-refractivity contribution < 1.29 is 22.0 Å². The number of benzene rings is 3. The lowest BCUT2D eigenvalue weighted by molar-refractivity contribution is 0.101. The molecular weight excluding hydrogens is 619 g/mol. The molecule has 4 aromatic rings. The van der Waals surface area contributed by atoms with Crippen LogP contribution in [-0.4, -0.2) is 43.6 Å². The molecule has 45 heavy (non-hydrogen) atoms.